The Bertz CT molecular complexity index is 548. The average Bonchev–Trinajstić information content (AvgIpc) is 2.81. The number of rotatable bonds is 3. The summed E-state index contributed by atoms with van der Waals surface area (Å²) < 4.78 is 24.8. The molecule has 1 saturated heterocycles. The molecule has 1 aliphatic rings. The second kappa shape index (κ2) is 4.57. The van der Waals surface area contributed by atoms with Crippen molar-refractivity contribution in [2.24, 2.45) is 0 Å². The number of nitrogens with two attached hydrogens (primary N) is 1. The molecule has 0 aliphatic carbocycles. The van der Waals surface area contributed by atoms with Crippen LogP contribution in [-0.4, -0.2) is 29.7 Å². The Hall–Kier alpha value is -1.04. The fourth-order valence-electron chi connectivity index (χ4n) is 2.46. The molecule has 1 fully saturated rings. The molecule has 0 bridgehead atoms. The first-order valence-electron chi connectivity index (χ1n) is 6.40. The molecule has 0 spiro atoms. The molecule has 2 N–H and O–H groups in total. The Kier molecular flexibility index (Phi) is 3.40. The van der Waals surface area contributed by atoms with Gasteiger partial charge in [-0.3, -0.25) is 0 Å². The van der Waals surface area contributed by atoms with E-state index in [2.05, 4.69) is 18.9 Å². The molecule has 1 aliphatic heterocycles. The highest BCUT2D eigenvalue weighted by Gasteiger charge is 2.32. The van der Waals surface area contributed by atoms with Crippen LogP contribution in [0.5, 0.6) is 0 Å². The van der Waals surface area contributed by atoms with Crippen molar-refractivity contribution in [3.8, 4) is 0 Å². The summed E-state index contributed by atoms with van der Waals surface area (Å²) in [4.78, 5) is 0. The number of hydrogen-bond donors (Lipinski definition) is 1. The van der Waals surface area contributed by atoms with Crippen LogP contribution in [0.25, 0.3) is 0 Å². The molecule has 18 heavy (non-hydrogen) atoms. The molecule has 6 heteroatoms. The molecule has 102 valence electrons. The standard InChI is InChI=1S/C12H21N3O2S/c1-4-8(2)11-9(3)12(13)15(14-11)10-5-6-18(16,17)7-10/h8,10H,4-7,13H2,1-3H3. The van der Waals surface area contributed by atoms with Gasteiger partial charge in [-0.15, -0.1) is 0 Å². The van der Waals surface area contributed by atoms with Crippen LogP contribution in [0, 0.1) is 6.92 Å². The van der Waals surface area contributed by atoms with Gasteiger partial charge in [-0.1, -0.05) is 13.8 Å². The van der Waals surface area contributed by atoms with Crippen LogP contribution in [0.3, 0.4) is 0 Å². The van der Waals surface area contributed by atoms with Crippen molar-refractivity contribution in [2.75, 3.05) is 17.2 Å². The van der Waals surface area contributed by atoms with E-state index in [1.54, 1.807) is 4.68 Å². The first-order chi connectivity index (χ1) is 8.35. The zero-order valence-electron chi connectivity index (χ0n) is 11.2. The molecular formula is C12H21N3O2S. The number of sulfone groups is 1. The molecule has 2 unspecified atom stereocenters. The number of nitrogen functional groups attached to an aromatic ring is 1. The lowest BCUT2D eigenvalue weighted by atomic mass is 10.0. The van der Waals surface area contributed by atoms with Crippen LogP contribution in [0.4, 0.5) is 5.82 Å². The molecule has 2 atom stereocenters. The van der Waals surface area contributed by atoms with Gasteiger partial charge < -0.3 is 5.73 Å². The van der Waals surface area contributed by atoms with E-state index < -0.39 is 9.84 Å². The summed E-state index contributed by atoms with van der Waals surface area (Å²) in [7, 11) is -2.91. The summed E-state index contributed by atoms with van der Waals surface area (Å²) in [5, 5.41) is 4.55. The number of anilines is 1. The summed E-state index contributed by atoms with van der Waals surface area (Å²) >= 11 is 0. The highest BCUT2D eigenvalue weighted by atomic mass is 32.2. The second-order valence-corrected chi connectivity index (χ2v) is 7.43. The molecule has 1 aromatic heterocycles. The van der Waals surface area contributed by atoms with Crippen molar-refractivity contribution in [3.05, 3.63) is 11.3 Å². The Labute approximate surface area is 108 Å². The molecule has 0 radical (unpaired) electrons. The first-order valence-corrected chi connectivity index (χ1v) is 8.22. The van der Waals surface area contributed by atoms with Crippen molar-refractivity contribution in [1.82, 2.24) is 9.78 Å². The van der Waals surface area contributed by atoms with Gasteiger partial charge in [0, 0.05) is 11.5 Å². The van der Waals surface area contributed by atoms with Crippen LogP contribution < -0.4 is 5.73 Å². The zero-order valence-corrected chi connectivity index (χ0v) is 12.0. The molecule has 2 heterocycles. The molecular weight excluding hydrogens is 250 g/mol. The fourth-order valence-corrected chi connectivity index (χ4v) is 4.15. The predicted molar refractivity (Wildman–Crippen MR) is 72.4 cm³/mol. The summed E-state index contributed by atoms with van der Waals surface area (Å²) in [6.45, 7) is 6.19. The second-order valence-electron chi connectivity index (χ2n) is 5.21. The maximum atomic E-state index is 11.5. The SMILES string of the molecule is CCC(C)c1nn(C2CCS(=O)(=O)C2)c(N)c1C. The van der Waals surface area contributed by atoms with Gasteiger partial charge in [0.15, 0.2) is 9.84 Å². The van der Waals surface area contributed by atoms with E-state index in [1.807, 2.05) is 6.92 Å². The third kappa shape index (κ3) is 2.25. The highest BCUT2D eigenvalue weighted by molar-refractivity contribution is 7.91. The van der Waals surface area contributed by atoms with Crippen molar-refractivity contribution in [1.29, 1.82) is 0 Å². The van der Waals surface area contributed by atoms with Gasteiger partial charge in [0.25, 0.3) is 0 Å². The first kappa shape index (κ1) is 13.4. The quantitative estimate of drug-likeness (QED) is 0.906. The maximum Gasteiger partial charge on any atom is 0.152 e. The number of aromatic nitrogens is 2. The van der Waals surface area contributed by atoms with Crippen LogP contribution in [0.1, 0.15) is 49.9 Å². The number of hydrogen-bond acceptors (Lipinski definition) is 4. The van der Waals surface area contributed by atoms with Crippen LogP contribution in [0.15, 0.2) is 0 Å². The smallest absolute Gasteiger partial charge is 0.152 e. The van der Waals surface area contributed by atoms with Crippen molar-refractivity contribution >= 4 is 15.7 Å². The summed E-state index contributed by atoms with van der Waals surface area (Å²) in [6, 6.07) is -0.0912. The normalized spacial score (nSPS) is 24.3. The Morgan fingerprint density at radius 1 is 1.56 bits per heavy atom. The van der Waals surface area contributed by atoms with E-state index in [-0.39, 0.29) is 17.5 Å². The van der Waals surface area contributed by atoms with Crippen molar-refractivity contribution in [2.45, 2.75) is 45.6 Å². The largest absolute Gasteiger partial charge is 0.384 e. The minimum atomic E-state index is -2.91. The molecule has 0 aromatic carbocycles. The van der Waals surface area contributed by atoms with E-state index in [0.717, 1.165) is 17.7 Å². The average molecular weight is 271 g/mol. The van der Waals surface area contributed by atoms with Crippen molar-refractivity contribution < 1.29 is 8.42 Å². The fraction of sp³-hybridized carbons (Fsp3) is 0.750. The van der Waals surface area contributed by atoms with Gasteiger partial charge in [-0.05, 0) is 19.8 Å². The topological polar surface area (TPSA) is 78.0 Å². The lowest BCUT2D eigenvalue weighted by Gasteiger charge is -2.10. The van der Waals surface area contributed by atoms with Gasteiger partial charge in [0.05, 0.1) is 23.2 Å². The third-order valence-corrected chi connectivity index (χ3v) is 5.61. The predicted octanol–water partition coefficient (Wildman–Crippen LogP) is 1.65. The maximum absolute atomic E-state index is 11.5. The van der Waals surface area contributed by atoms with E-state index >= 15 is 0 Å². The van der Waals surface area contributed by atoms with Gasteiger partial charge in [0.1, 0.15) is 5.82 Å². The lowest BCUT2D eigenvalue weighted by Crippen LogP contribution is -2.15. The van der Waals surface area contributed by atoms with E-state index in [4.69, 9.17) is 5.73 Å². The van der Waals surface area contributed by atoms with Gasteiger partial charge >= 0.3 is 0 Å². The van der Waals surface area contributed by atoms with E-state index in [9.17, 15) is 8.42 Å². The molecule has 5 nitrogen and oxygen atoms in total. The Morgan fingerprint density at radius 3 is 2.72 bits per heavy atom. The van der Waals surface area contributed by atoms with Gasteiger partial charge in [-0.25, -0.2) is 13.1 Å². The van der Waals surface area contributed by atoms with Crippen LogP contribution >= 0.6 is 0 Å². The Balaban J connectivity index is 2.35. The summed E-state index contributed by atoms with van der Waals surface area (Å²) in [5.74, 6) is 1.38. The molecule has 0 saturated carbocycles. The third-order valence-electron chi connectivity index (χ3n) is 3.86. The zero-order chi connectivity index (χ0) is 13.5. The van der Waals surface area contributed by atoms with Gasteiger partial charge in [0.2, 0.25) is 0 Å². The van der Waals surface area contributed by atoms with E-state index in [0.29, 0.717) is 18.2 Å². The molecule has 0 amide bonds. The van der Waals surface area contributed by atoms with Gasteiger partial charge in [-0.2, -0.15) is 5.10 Å². The Morgan fingerprint density at radius 2 is 2.22 bits per heavy atom. The molecule has 2 rings (SSSR count). The van der Waals surface area contributed by atoms with E-state index in [1.165, 1.54) is 0 Å². The monoisotopic (exact) mass is 271 g/mol. The summed E-state index contributed by atoms with van der Waals surface area (Å²) in [5.41, 5.74) is 8.06. The minimum Gasteiger partial charge on any atom is -0.384 e. The summed E-state index contributed by atoms with van der Waals surface area (Å²) in [6.07, 6.45) is 1.62. The minimum absolute atomic E-state index is 0.0912. The highest BCUT2D eigenvalue weighted by Crippen LogP contribution is 2.31. The number of nitrogens with zero attached hydrogens (tertiary/aromatic N) is 2. The lowest BCUT2D eigenvalue weighted by molar-refractivity contribution is 0.496. The molecule has 1 aromatic rings. The van der Waals surface area contributed by atoms with Crippen LogP contribution in [-0.2, 0) is 9.84 Å². The van der Waals surface area contributed by atoms with Crippen molar-refractivity contribution in [3.63, 3.8) is 0 Å². The van der Waals surface area contributed by atoms with Crippen LogP contribution in [0.2, 0.25) is 0 Å².